The molecule has 0 saturated carbocycles. The molecule has 0 radical (unpaired) electrons. The van der Waals surface area contributed by atoms with E-state index >= 15 is 0 Å². The summed E-state index contributed by atoms with van der Waals surface area (Å²) in [4.78, 5) is 12.2. The van der Waals surface area contributed by atoms with E-state index in [-0.39, 0.29) is 12.3 Å². The highest BCUT2D eigenvalue weighted by molar-refractivity contribution is 7.80. The number of alkyl halides is 3. The van der Waals surface area contributed by atoms with E-state index in [0.29, 0.717) is 17.9 Å². The monoisotopic (exact) mass is 410 g/mol. The Balaban J connectivity index is 1.79. The van der Waals surface area contributed by atoms with Gasteiger partial charge in [-0.25, -0.2) is 0 Å². The fraction of sp³-hybridized carbons (Fsp3) is 0.316. The Morgan fingerprint density at radius 1 is 1.11 bits per heavy atom. The molecule has 9 heteroatoms. The molecule has 2 aromatic rings. The summed E-state index contributed by atoms with van der Waals surface area (Å²) in [6.45, 7) is 0.391. The summed E-state index contributed by atoms with van der Waals surface area (Å²) in [7, 11) is 0. The minimum absolute atomic E-state index is 0.00864. The number of halogens is 3. The van der Waals surface area contributed by atoms with E-state index in [0.717, 1.165) is 23.5 Å². The number of anilines is 2. The Morgan fingerprint density at radius 2 is 1.79 bits per heavy atom. The van der Waals surface area contributed by atoms with Crippen LogP contribution in [-0.4, -0.2) is 24.5 Å². The molecule has 150 valence electrons. The van der Waals surface area contributed by atoms with Crippen molar-refractivity contribution in [3.63, 3.8) is 0 Å². The number of carbonyl (C=O) groups is 1. The van der Waals surface area contributed by atoms with Crippen molar-refractivity contribution in [2.75, 3.05) is 22.9 Å². The summed E-state index contributed by atoms with van der Waals surface area (Å²) in [6, 6.07) is 11.9. The van der Waals surface area contributed by atoms with Crippen LogP contribution in [0.2, 0.25) is 0 Å². The molecule has 1 heterocycles. The van der Waals surface area contributed by atoms with Crippen molar-refractivity contribution in [1.82, 2.24) is 10.6 Å². The average Bonchev–Trinajstić information content (AvgIpc) is 3.07. The molecule has 0 aliphatic carbocycles. The maximum absolute atomic E-state index is 13.1. The number of hydrogen-bond donors (Lipinski definition) is 5. The lowest BCUT2D eigenvalue weighted by atomic mass is 10.0. The first kappa shape index (κ1) is 20.3. The Labute approximate surface area is 166 Å². The number of fused-ring (bicyclic) bond motifs is 1. The van der Waals surface area contributed by atoms with Crippen molar-refractivity contribution in [3.05, 3.63) is 59.7 Å². The SMILES string of the molecule is O=C(CC(NC1Nc2ccccc2N1)c1cccc(C(F)(F)F)c1)NCCS. The number of nitrogens with one attached hydrogen (secondary N) is 4. The van der Waals surface area contributed by atoms with Gasteiger partial charge < -0.3 is 16.0 Å². The largest absolute Gasteiger partial charge is 0.416 e. The molecule has 1 unspecified atom stereocenters. The van der Waals surface area contributed by atoms with E-state index in [1.165, 1.54) is 6.07 Å². The number of thiol groups is 1. The van der Waals surface area contributed by atoms with Crippen LogP contribution < -0.4 is 21.3 Å². The molecule has 0 bridgehead atoms. The number of benzene rings is 2. The number of para-hydroxylation sites is 2. The van der Waals surface area contributed by atoms with E-state index in [9.17, 15) is 18.0 Å². The lowest BCUT2D eigenvalue weighted by Crippen LogP contribution is -2.43. The highest BCUT2D eigenvalue weighted by atomic mass is 32.1. The molecule has 4 N–H and O–H groups in total. The lowest BCUT2D eigenvalue weighted by molar-refractivity contribution is -0.137. The molecule has 5 nitrogen and oxygen atoms in total. The number of amides is 1. The minimum atomic E-state index is -4.45. The van der Waals surface area contributed by atoms with Gasteiger partial charge in [-0.3, -0.25) is 10.1 Å². The zero-order valence-corrected chi connectivity index (χ0v) is 15.8. The van der Waals surface area contributed by atoms with E-state index in [1.807, 2.05) is 24.3 Å². The molecule has 1 aliphatic heterocycles. The van der Waals surface area contributed by atoms with Gasteiger partial charge in [0.15, 0.2) is 6.29 Å². The normalized spacial score (nSPS) is 14.7. The fourth-order valence-corrected chi connectivity index (χ4v) is 3.14. The van der Waals surface area contributed by atoms with Crippen LogP contribution in [-0.2, 0) is 11.0 Å². The number of rotatable bonds is 7. The van der Waals surface area contributed by atoms with Crippen molar-refractivity contribution in [3.8, 4) is 0 Å². The minimum Gasteiger partial charge on any atom is -0.355 e. The van der Waals surface area contributed by atoms with Crippen molar-refractivity contribution in [1.29, 1.82) is 0 Å². The molecule has 0 fully saturated rings. The number of carbonyl (C=O) groups excluding carboxylic acids is 1. The Bertz CT molecular complexity index is 806. The van der Waals surface area contributed by atoms with Crippen LogP contribution >= 0.6 is 12.6 Å². The Hall–Kier alpha value is -2.39. The van der Waals surface area contributed by atoms with E-state index in [2.05, 4.69) is 33.9 Å². The van der Waals surface area contributed by atoms with E-state index in [4.69, 9.17) is 0 Å². The van der Waals surface area contributed by atoms with Crippen molar-refractivity contribution in [2.45, 2.75) is 24.9 Å². The Morgan fingerprint density at radius 3 is 2.39 bits per heavy atom. The van der Waals surface area contributed by atoms with Gasteiger partial charge in [0.1, 0.15) is 0 Å². The van der Waals surface area contributed by atoms with Gasteiger partial charge in [0, 0.05) is 24.8 Å². The second-order valence-corrected chi connectivity index (χ2v) is 6.83. The van der Waals surface area contributed by atoms with Crippen LogP contribution in [0.4, 0.5) is 24.5 Å². The van der Waals surface area contributed by atoms with Crippen LogP contribution in [0.15, 0.2) is 48.5 Å². The second-order valence-electron chi connectivity index (χ2n) is 6.39. The van der Waals surface area contributed by atoms with Crippen molar-refractivity contribution >= 4 is 29.9 Å². The summed E-state index contributed by atoms with van der Waals surface area (Å²) in [5.74, 6) is 0.216. The van der Waals surface area contributed by atoms with Gasteiger partial charge in [0.05, 0.1) is 16.9 Å². The summed E-state index contributed by atoms with van der Waals surface area (Å²) >= 11 is 4.05. The standard InChI is InChI=1S/C19H21F3N4OS/c20-19(21,22)13-5-3-4-12(10-13)16(11-17(27)23-8-9-28)26-18-24-14-6-1-2-7-15(14)25-18/h1-7,10,16,18,24-26,28H,8-9,11H2,(H,23,27). The molecule has 0 saturated heterocycles. The highest BCUT2D eigenvalue weighted by Gasteiger charge is 2.32. The molecule has 0 aromatic heterocycles. The maximum atomic E-state index is 13.1. The third-order valence-corrected chi connectivity index (χ3v) is 4.56. The van der Waals surface area contributed by atoms with Gasteiger partial charge in [-0.15, -0.1) is 0 Å². The predicted molar refractivity (Wildman–Crippen MR) is 106 cm³/mol. The van der Waals surface area contributed by atoms with Gasteiger partial charge >= 0.3 is 6.18 Å². The first-order valence-electron chi connectivity index (χ1n) is 8.79. The third-order valence-electron chi connectivity index (χ3n) is 4.33. The highest BCUT2D eigenvalue weighted by Crippen LogP contribution is 2.32. The van der Waals surface area contributed by atoms with Crippen LogP contribution in [0.5, 0.6) is 0 Å². The lowest BCUT2D eigenvalue weighted by Gasteiger charge is -2.24. The van der Waals surface area contributed by atoms with Crippen LogP contribution in [0.25, 0.3) is 0 Å². The topological polar surface area (TPSA) is 65.2 Å². The summed E-state index contributed by atoms with van der Waals surface area (Å²) < 4.78 is 39.3. The van der Waals surface area contributed by atoms with E-state index in [1.54, 1.807) is 6.07 Å². The quantitative estimate of drug-likeness (QED) is 0.453. The van der Waals surface area contributed by atoms with Gasteiger partial charge in [-0.2, -0.15) is 25.8 Å². The van der Waals surface area contributed by atoms with Crippen LogP contribution in [0.3, 0.4) is 0 Å². The molecule has 1 amide bonds. The fourth-order valence-electron chi connectivity index (χ4n) is 3.02. The van der Waals surface area contributed by atoms with Gasteiger partial charge in [0.2, 0.25) is 5.91 Å². The molecular formula is C19H21F3N4OS. The first-order chi connectivity index (χ1) is 13.4. The molecular weight excluding hydrogens is 389 g/mol. The molecule has 28 heavy (non-hydrogen) atoms. The van der Waals surface area contributed by atoms with Gasteiger partial charge in [0.25, 0.3) is 0 Å². The molecule has 1 aliphatic rings. The molecule has 1 atom stereocenters. The Kier molecular flexibility index (Phi) is 6.35. The summed E-state index contributed by atoms with van der Waals surface area (Å²) in [6.07, 6.45) is -4.88. The molecule has 2 aromatic carbocycles. The van der Waals surface area contributed by atoms with Crippen LogP contribution in [0.1, 0.15) is 23.6 Å². The van der Waals surface area contributed by atoms with Crippen LogP contribution in [0, 0.1) is 0 Å². The molecule has 3 rings (SSSR count). The summed E-state index contributed by atoms with van der Waals surface area (Å²) in [5, 5.41) is 12.3. The van der Waals surface area contributed by atoms with Crippen molar-refractivity contribution < 1.29 is 18.0 Å². The summed E-state index contributed by atoms with van der Waals surface area (Å²) in [5.41, 5.74) is 1.39. The third kappa shape index (κ3) is 5.11. The van der Waals surface area contributed by atoms with Gasteiger partial charge in [-0.1, -0.05) is 24.3 Å². The first-order valence-corrected chi connectivity index (χ1v) is 9.43. The van der Waals surface area contributed by atoms with E-state index < -0.39 is 24.1 Å². The number of hydrogen-bond acceptors (Lipinski definition) is 5. The van der Waals surface area contributed by atoms with Crippen molar-refractivity contribution in [2.24, 2.45) is 0 Å². The second kappa shape index (κ2) is 8.74. The molecule has 0 spiro atoms. The zero-order valence-electron chi connectivity index (χ0n) is 14.9. The van der Waals surface area contributed by atoms with Gasteiger partial charge in [-0.05, 0) is 29.8 Å². The predicted octanol–water partition coefficient (Wildman–Crippen LogP) is 3.59. The average molecular weight is 410 g/mol. The smallest absolute Gasteiger partial charge is 0.355 e. The zero-order chi connectivity index (χ0) is 20.1. The maximum Gasteiger partial charge on any atom is 0.416 e.